The Morgan fingerprint density at radius 2 is 2.04 bits per heavy atom. The number of aryl methyl sites for hydroxylation is 1. The molecule has 25 heavy (non-hydrogen) atoms. The molecule has 0 unspecified atom stereocenters. The van der Waals surface area contributed by atoms with Crippen molar-refractivity contribution >= 4 is 23.4 Å². The zero-order chi connectivity index (χ0) is 18.0. The van der Waals surface area contributed by atoms with E-state index in [-0.39, 0.29) is 18.5 Å². The quantitative estimate of drug-likeness (QED) is 0.847. The first-order valence-corrected chi connectivity index (χ1v) is 8.68. The van der Waals surface area contributed by atoms with Gasteiger partial charge in [0.2, 0.25) is 12.7 Å². The minimum Gasteiger partial charge on any atom is -0.454 e. The number of fused-ring (bicyclic) bond motifs is 1. The molecule has 6 nitrogen and oxygen atoms in total. The summed E-state index contributed by atoms with van der Waals surface area (Å²) in [6, 6.07) is 7.43. The maximum absolute atomic E-state index is 12.2. The first kappa shape index (κ1) is 17.1. The van der Waals surface area contributed by atoms with Crippen LogP contribution in [0.1, 0.15) is 22.4 Å². The van der Waals surface area contributed by atoms with Crippen LogP contribution in [0, 0.1) is 32.1 Å². The second kappa shape index (κ2) is 7.03. The predicted molar refractivity (Wildman–Crippen MR) is 95.1 cm³/mol. The number of aromatic nitrogens is 1. The Labute approximate surface area is 150 Å². The van der Waals surface area contributed by atoms with E-state index in [1.54, 1.807) is 18.2 Å². The zero-order valence-corrected chi connectivity index (χ0v) is 15.0. The van der Waals surface area contributed by atoms with Gasteiger partial charge in [-0.05, 0) is 44.0 Å². The predicted octanol–water partition coefficient (Wildman–Crippen LogP) is 3.34. The molecular weight excluding hydrogens is 338 g/mol. The van der Waals surface area contributed by atoms with Gasteiger partial charge in [0.25, 0.3) is 0 Å². The first-order valence-electron chi connectivity index (χ1n) is 7.69. The van der Waals surface area contributed by atoms with Crippen molar-refractivity contribution in [3.63, 3.8) is 0 Å². The molecule has 7 heteroatoms. The third kappa shape index (κ3) is 3.54. The molecule has 1 N–H and O–H groups in total. The van der Waals surface area contributed by atoms with Crippen LogP contribution in [0.2, 0.25) is 0 Å². The fourth-order valence-electron chi connectivity index (χ4n) is 2.45. The largest absolute Gasteiger partial charge is 0.454 e. The van der Waals surface area contributed by atoms with Crippen LogP contribution in [-0.2, 0) is 4.79 Å². The molecule has 128 valence electrons. The highest BCUT2D eigenvalue weighted by Crippen LogP contribution is 2.34. The van der Waals surface area contributed by atoms with Crippen molar-refractivity contribution in [2.45, 2.75) is 25.8 Å². The molecule has 2 aromatic rings. The molecule has 0 radical (unpaired) electrons. The van der Waals surface area contributed by atoms with E-state index >= 15 is 0 Å². The Kier molecular flexibility index (Phi) is 4.81. The van der Waals surface area contributed by atoms with Crippen molar-refractivity contribution in [2.24, 2.45) is 0 Å². The number of hydrogen-bond acceptors (Lipinski definition) is 6. The van der Waals surface area contributed by atoms with Crippen LogP contribution < -0.4 is 14.8 Å². The van der Waals surface area contributed by atoms with Crippen LogP contribution in [0.25, 0.3) is 0 Å². The Bertz CT molecular complexity index is 890. The average Bonchev–Trinajstić information content (AvgIpc) is 3.05. The standard InChI is InChI=1S/C18H17N3O3S/c1-10-11(2)14(7-19)18(20-12(10)3)25-8-17(22)21-13-4-5-15-16(6-13)24-9-23-15/h4-6H,8-9H2,1-3H3,(H,21,22). The lowest BCUT2D eigenvalue weighted by Crippen LogP contribution is -2.14. The number of pyridine rings is 1. The summed E-state index contributed by atoms with van der Waals surface area (Å²) >= 11 is 1.26. The van der Waals surface area contributed by atoms with Gasteiger partial charge in [-0.15, -0.1) is 0 Å². The van der Waals surface area contributed by atoms with E-state index < -0.39 is 0 Å². The van der Waals surface area contributed by atoms with E-state index in [1.165, 1.54) is 11.8 Å². The fourth-order valence-corrected chi connectivity index (χ4v) is 3.34. The normalized spacial score (nSPS) is 11.9. The first-order chi connectivity index (χ1) is 12.0. The van der Waals surface area contributed by atoms with Crippen LogP contribution >= 0.6 is 11.8 Å². The van der Waals surface area contributed by atoms with E-state index in [0.29, 0.717) is 27.8 Å². The summed E-state index contributed by atoms with van der Waals surface area (Å²) in [6.45, 7) is 5.94. The highest BCUT2D eigenvalue weighted by Gasteiger charge is 2.16. The van der Waals surface area contributed by atoms with Gasteiger partial charge in [-0.3, -0.25) is 4.79 Å². The third-order valence-electron chi connectivity index (χ3n) is 4.07. The van der Waals surface area contributed by atoms with Gasteiger partial charge in [0.05, 0.1) is 11.3 Å². The lowest BCUT2D eigenvalue weighted by atomic mass is 10.1. The molecule has 1 aliphatic rings. The smallest absolute Gasteiger partial charge is 0.234 e. The van der Waals surface area contributed by atoms with Gasteiger partial charge >= 0.3 is 0 Å². The number of hydrogen-bond donors (Lipinski definition) is 1. The molecule has 0 bridgehead atoms. The maximum atomic E-state index is 12.2. The number of nitrogens with one attached hydrogen (secondary N) is 1. The summed E-state index contributed by atoms with van der Waals surface area (Å²) in [5, 5.41) is 12.8. The van der Waals surface area contributed by atoms with Gasteiger partial charge in [0.1, 0.15) is 11.1 Å². The summed E-state index contributed by atoms with van der Waals surface area (Å²) in [5.41, 5.74) is 3.96. The van der Waals surface area contributed by atoms with Crippen molar-refractivity contribution in [1.82, 2.24) is 4.98 Å². The molecule has 1 aromatic carbocycles. The van der Waals surface area contributed by atoms with E-state index in [4.69, 9.17) is 9.47 Å². The molecule has 0 aliphatic carbocycles. The number of rotatable bonds is 4. The number of nitrogens with zero attached hydrogens (tertiary/aromatic N) is 2. The molecule has 0 atom stereocenters. The van der Waals surface area contributed by atoms with Crippen LogP contribution in [0.4, 0.5) is 5.69 Å². The summed E-state index contributed by atoms with van der Waals surface area (Å²) in [4.78, 5) is 16.7. The Morgan fingerprint density at radius 3 is 2.80 bits per heavy atom. The highest BCUT2D eigenvalue weighted by atomic mass is 32.2. The van der Waals surface area contributed by atoms with Crippen LogP contribution in [0.3, 0.4) is 0 Å². The van der Waals surface area contributed by atoms with Crippen molar-refractivity contribution in [3.8, 4) is 17.6 Å². The number of ether oxygens (including phenoxy) is 2. The van der Waals surface area contributed by atoms with E-state index in [9.17, 15) is 10.1 Å². The molecule has 3 rings (SSSR count). The third-order valence-corrected chi connectivity index (χ3v) is 5.05. The lowest BCUT2D eigenvalue weighted by molar-refractivity contribution is -0.113. The monoisotopic (exact) mass is 355 g/mol. The summed E-state index contributed by atoms with van der Waals surface area (Å²) in [7, 11) is 0. The van der Waals surface area contributed by atoms with Gasteiger partial charge in [0.15, 0.2) is 11.5 Å². The molecule has 2 heterocycles. The van der Waals surface area contributed by atoms with Gasteiger partial charge in [0, 0.05) is 17.4 Å². The number of carbonyl (C=O) groups excluding carboxylic acids is 1. The second-order valence-corrected chi connectivity index (χ2v) is 6.61. The Hall–Kier alpha value is -2.72. The summed E-state index contributed by atoms with van der Waals surface area (Å²) < 4.78 is 10.5. The minimum absolute atomic E-state index is 0.165. The van der Waals surface area contributed by atoms with Crippen molar-refractivity contribution in [3.05, 3.63) is 40.6 Å². The van der Waals surface area contributed by atoms with Crippen LogP contribution in [-0.4, -0.2) is 23.4 Å². The van der Waals surface area contributed by atoms with Gasteiger partial charge in [-0.25, -0.2) is 4.98 Å². The minimum atomic E-state index is -0.176. The number of amides is 1. The van der Waals surface area contributed by atoms with E-state index in [2.05, 4.69) is 16.4 Å². The number of thioether (sulfide) groups is 1. The second-order valence-electron chi connectivity index (χ2n) is 5.64. The van der Waals surface area contributed by atoms with Gasteiger partial charge in [-0.1, -0.05) is 11.8 Å². The van der Waals surface area contributed by atoms with Crippen molar-refractivity contribution in [2.75, 3.05) is 17.9 Å². The molecule has 0 fully saturated rings. The molecule has 0 saturated carbocycles. The topological polar surface area (TPSA) is 84.2 Å². The zero-order valence-electron chi connectivity index (χ0n) is 14.2. The molecule has 1 aliphatic heterocycles. The van der Waals surface area contributed by atoms with E-state index in [0.717, 1.165) is 16.8 Å². The number of benzene rings is 1. The van der Waals surface area contributed by atoms with Crippen molar-refractivity contribution in [1.29, 1.82) is 5.26 Å². The number of carbonyl (C=O) groups is 1. The Morgan fingerprint density at radius 1 is 1.28 bits per heavy atom. The maximum Gasteiger partial charge on any atom is 0.234 e. The van der Waals surface area contributed by atoms with Gasteiger partial charge < -0.3 is 14.8 Å². The van der Waals surface area contributed by atoms with Crippen LogP contribution in [0.15, 0.2) is 23.2 Å². The van der Waals surface area contributed by atoms with E-state index in [1.807, 2.05) is 20.8 Å². The number of anilines is 1. The molecule has 1 aromatic heterocycles. The Balaban J connectivity index is 1.68. The SMILES string of the molecule is Cc1nc(SCC(=O)Nc2ccc3c(c2)OCO3)c(C#N)c(C)c1C. The summed E-state index contributed by atoms with van der Waals surface area (Å²) in [5.74, 6) is 1.27. The molecular formula is C18H17N3O3S. The van der Waals surface area contributed by atoms with Gasteiger partial charge in [-0.2, -0.15) is 5.26 Å². The summed E-state index contributed by atoms with van der Waals surface area (Å²) in [6.07, 6.45) is 0. The lowest BCUT2D eigenvalue weighted by Gasteiger charge is -2.11. The molecule has 0 spiro atoms. The molecule has 0 saturated heterocycles. The van der Waals surface area contributed by atoms with Crippen LogP contribution in [0.5, 0.6) is 11.5 Å². The van der Waals surface area contributed by atoms with Crippen molar-refractivity contribution < 1.29 is 14.3 Å². The highest BCUT2D eigenvalue weighted by molar-refractivity contribution is 8.00. The fraction of sp³-hybridized carbons (Fsp3) is 0.278. The average molecular weight is 355 g/mol. The number of nitriles is 1. The molecule has 1 amide bonds.